The maximum atomic E-state index is 12.7. The number of hydrogen-bond acceptors (Lipinski definition) is 4. The Morgan fingerprint density at radius 1 is 1.09 bits per heavy atom. The van der Waals surface area contributed by atoms with Gasteiger partial charge in [-0.1, -0.05) is 18.2 Å². The number of para-hydroxylation sites is 1. The van der Waals surface area contributed by atoms with Gasteiger partial charge in [0.25, 0.3) is 10.0 Å². The fourth-order valence-electron chi connectivity index (χ4n) is 1.79. The first-order chi connectivity index (χ1) is 12.2. The maximum absolute atomic E-state index is 12.7. The predicted octanol–water partition coefficient (Wildman–Crippen LogP) is 2.26. The molecule has 7 heteroatoms. The lowest BCUT2D eigenvalue weighted by atomic mass is 10.3. The second-order valence-electron chi connectivity index (χ2n) is 4.31. The lowest BCUT2D eigenvalue weighted by molar-refractivity contribution is 0.600. The van der Waals surface area contributed by atoms with Crippen LogP contribution in [0.2, 0.25) is 0 Å². The number of rotatable bonds is 4. The van der Waals surface area contributed by atoms with Gasteiger partial charge in [0.1, 0.15) is 5.82 Å². The molecule has 0 bridgehead atoms. The van der Waals surface area contributed by atoms with Crippen LogP contribution in [0.1, 0.15) is 5.48 Å². The van der Waals surface area contributed by atoms with Crippen molar-refractivity contribution >= 4 is 21.5 Å². The van der Waals surface area contributed by atoms with Crippen LogP contribution in [0.15, 0.2) is 71.7 Å². The lowest BCUT2D eigenvalue weighted by Gasteiger charge is -2.10. The van der Waals surface area contributed by atoms with Gasteiger partial charge < -0.3 is 5.73 Å². The molecule has 0 spiro atoms. The van der Waals surface area contributed by atoms with Crippen LogP contribution in [0.25, 0.3) is 5.69 Å². The molecule has 1 aromatic heterocycles. The molecule has 0 aliphatic heterocycles. The Hall–Kier alpha value is -2.80. The van der Waals surface area contributed by atoms with E-state index >= 15 is 0 Å². The Balaban J connectivity index is 2.10. The summed E-state index contributed by atoms with van der Waals surface area (Å²) in [6.07, 6.45) is 1.39. The minimum absolute atomic E-state index is 0.0879. The lowest BCUT2D eigenvalue weighted by Crippen LogP contribution is -2.15. The van der Waals surface area contributed by atoms with E-state index in [1.165, 1.54) is 16.9 Å². The zero-order valence-electron chi connectivity index (χ0n) is 15.2. The van der Waals surface area contributed by atoms with Crippen LogP contribution in [0.3, 0.4) is 0 Å². The zero-order chi connectivity index (χ0) is 19.1. The second kappa shape index (κ2) is 5.53. The number of hydrogen-bond donors (Lipinski definition) is 2. The number of aromatic nitrogens is 2. The first kappa shape index (κ1) is 10.0. The van der Waals surface area contributed by atoms with Crippen molar-refractivity contribution in [2.24, 2.45) is 0 Å². The van der Waals surface area contributed by atoms with E-state index in [0.717, 1.165) is 0 Å². The molecule has 0 fully saturated rings. The Morgan fingerprint density at radius 3 is 2.45 bits per heavy atom. The standard InChI is InChI=1S/C15H14N4O2S/c16-12-6-8-14(9-7-12)22(20,21)18-15-10-11-17-19(15)13-4-2-1-3-5-13/h1-11,18H,16H2/i6D,7D,8D,9D. The maximum Gasteiger partial charge on any atom is 0.263 e. The van der Waals surface area contributed by atoms with Gasteiger partial charge in [0.15, 0.2) is 0 Å². The largest absolute Gasteiger partial charge is 0.399 e. The predicted molar refractivity (Wildman–Crippen MR) is 85.2 cm³/mol. The molecule has 1 heterocycles. The Bertz CT molecular complexity index is 1060. The van der Waals surface area contributed by atoms with Crippen molar-refractivity contribution in [1.29, 1.82) is 0 Å². The van der Waals surface area contributed by atoms with E-state index < -0.39 is 44.8 Å². The molecule has 2 aromatic carbocycles. The van der Waals surface area contributed by atoms with Gasteiger partial charge in [-0.3, -0.25) is 4.72 Å². The van der Waals surface area contributed by atoms with E-state index in [4.69, 9.17) is 11.2 Å². The topological polar surface area (TPSA) is 90.0 Å². The molecule has 0 saturated carbocycles. The molecule has 0 unspecified atom stereocenters. The summed E-state index contributed by atoms with van der Waals surface area (Å²) < 4.78 is 60.2. The summed E-state index contributed by atoms with van der Waals surface area (Å²) in [5, 5.41) is 4.06. The number of sulfonamides is 1. The Morgan fingerprint density at radius 2 is 1.77 bits per heavy atom. The Labute approximate surface area is 133 Å². The highest BCUT2D eigenvalue weighted by Crippen LogP contribution is 2.19. The molecule has 0 aliphatic rings. The highest BCUT2D eigenvalue weighted by atomic mass is 32.2. The summed E-state index contributed by atoms with van der Waals surface area (Å²) in [5.41, 5.74) is 5.68. The van der Waals surface area contributed by atoms with Crippen molar-refractivity contribution in [3.63, 3.8) is 0 Å². The van der Waals surface area contributed by atoms with E-state index in [1.807, 2.05) is 0 Å². The molecule has 0 radical (unpaired) electrons. The number of nitrogens with two attached hydrogens (primary N) is 1. The molecule has 3 N–H and O–H groups in total. The van der Waals surface area contributed by atoms with Gasteiger partial charge in [0.2, 0.25) is 0 Å². The van der Waals surface area contributed by atoms with E-state index in [-0.39, 0.29) is 5.82 Å². The summed E-state index contributed by atoms with van der Waals surface area (Å²) >= 11 is 0. The van der Waals surface area contributed by atoms with E-state index in [1.54, 1.807) is 30.3 Å². The van der Waals surface area contributed by atoms with Crippen molar-refractivity contribution in [2.75, 3.05) is 10.5 Å². The number of benzene rings is 2. The molecular weight excluding hydrogens is 300 g/mol. The van der Waals surface area contributed by atoms with Gasteiger partial charge in [-0.05, 0) is 36.3 Å². The number of nitrogens with zero attached hydrogens (tertiary/aromatic N) is 2. The minimum atomic E-state index is -4.42. The Kier molecular flexibility index (Phi) is 2.52. The van der Waals surface area contributed by atoms with Crippen molar-refractivity contribution < 1.29 is 13.9 Å². The van der Waals surface area contributed by atoms with Gasteiger partial charge in [-0.2, -0.15) is 5.10 Å². The fourth-order valence-corrected chi connectivity index (χ4v) is 2.69. The van der Waals surface area contributed by atoms with Gasteiger partial charge >= 0.3 is 0 Å². The van der Waals surface area contributed by atoms with Crippen LogP contribution < -0.4 is 10.5 Å². The van der Waals surface area contributed by atoms with Crippen molar-refractivity contribution in [2.45, 2.75) is 4.90 Å². The van der Waals surface area contributed by atoms with Crippen molar-refractivity contribution in [1.82, 2.24) is 9.78 Å². The third-order valence-corrected chi connectivity index (χ3v) is 3.99. The van der Waals surface area contributed by atoms with Crippen LogP contribution in [0.4, 0.5) is 11.5 Å². The average Bonchev–Trinajstić information content (AvgIpc) is 3.06. The molecule has 0 atom stereocenters. The number of anilines is 2. The minimum Gasteiger partial charge on any atom is -0.399 e. The first-order valence-electron chi connectivity index (χ1n) is 8.22. The molecule has 22 heavy (non-hydrogen) atoms. The summed E-state index contributed by atoms with van der Waals surface area (Å²) in [5.74, 6) is 0.0879. The second-order valence-corrected chi connectivity index (χ2v) is 5.93. The molecule has 3 rings (SSSR count). The average molecular weight is 318 g/mol. The first-order valence-corrected chi connectivity index (χ1v) is 7.70. The third kappa shape index (κ3) is 2.79. The number of nitrogens with one attached hydrogen (secondary N) is 1. The monoisotopic (exact) mass is 318 g/mol. The van der Waals surface area contributed by atoms with Crippen LogP contribution >= 0.6 is 0 Å². The van der Waals surface area contributed by atoms with E-state index in [2.05, 4.69) is 9.82 Å². The fraction of sp³-hybridized carbons (Fsp3) is 0. The van der Waals surface area contributed by atoms with E-state index in [9.17, 15) is 8.42 Å². The molecule has 0 saturated heterocycles. The van der Waals surface area contributed by atoms with Crippen LogP contribution in [-0.4, -0.2) is 18.2 Å². The molecule has 0 aliphatic carbocycles. The summed E-state index contributed by atoms with van der Waals surface area (Å²) in [4.78, 5) is -0.775. The quantitative estimate of drug-likeness (QED) is 0.722. The van der Waals surface area contributed by atoms with Gasteiger partial charge in [0, 0.05) is 11.8 Å². The summed E-state index contributed by atoms with van der Waals surface area (Å²) in [6.45, 7) is 0. The van der Waals surface area contributed by atoms with Crippen molar-refractivity contribution in [3.8, 4) is 5.69 Å². The van der Waals surface area contributed by atoms with Crippen LogP contribution in [0, 0.1) is 0 Å². The SMILES string of the molecule is [2H]c1c([2H])c(S(=O)(=O)Nc2ccnn2-c2ccccc2)c([2H])c([2H])c1N. The molecule has 0 amide bonds. The van der Waals surface area contributed by atoms with Crippen LogP contribution in [0.5, 0.6) is 0 Å². The van der Waals surface area contributed by atoms with Gasteiger partial charge in [-0.25, -0.2) is 13.1 Å². The summed E-state index contributed by atoms with van der Waals surface area (Å²) in [6, 6.07) is 7.51. The highest BCUT2D eigenvalue weighted by molar-refractivity contribution is 7.92. The van der Waals surface area contributed by atoms with E-state index in [0.29, 0.717) is 5.69 Å². The summed E-state index contributed by atoms with van der Waals surface area (Å²) in [7, 11) is -4.42. The van der Waals surface area contributed by atoms with Crippen molar-refractivity contribution in [3.05, 3.63) is 66.8 Å². The molecule has 112 valence electrons. The number of nitrogen functional groups attached to an aromatic ring is 1. The highest BCUT2D eigenvalue weighted by Gasteiger charge is 2.16. The van der Waals surface area contributed by atoms with Gasteiger partial charge in [-0.15, -0.1) is 0 Å². The molecule has 3 aromatic rings. The van der Waals surface area contributed by atoms with Crippen LogP contribution in [-0.2, 0) is 10.0 Å². The normalized spacial score (nSPS) is 13.8. The molecular formula is C15H14N4O2S. The smallest absolute Gasteiger partial charge is 0.263 e. The molecule has 6 nitrogen and oxygen atoms in total. The third-order valence-electron chi connectivity index (χ3n) is 2.77. The zero-order valence-corrected chi connectivity index (χ0v) is 12.1. The van der Waals surface area contributed by atoms with Gasteiger partial charge in [0.05, 0.1) is 22.3 Å².